The van der Waals surface area contributed by atoms with Crippen molar-refractivity contribution in [3.63, 3.8) is 0 Å². The van der Waals surface area contributed by atoms with Gasteiger partial charge in [-0.05, 0) is 37.2 Å². The summed E-state index contributed by atoms with van der Waals surface area (Å²) in [5.74, 6) is 0. The van der Waals surface area contributed by atoms with Crippen LogP contribution >= 0.6 is 15.9 Å². The van der Waals surface area contributed by atoms with Crippen LogP contribution in [0.2, 0.25) is 0 Å². The fraction of sp³-hybridized carbons (Fsp3) is 0.308. The normalized spacial score (nSPS) is 10.9. The average molecular weight is 279 g/mol. The van der Waals surface area contributed by atoms with Gasteiger partial charge >= 0.3 is 0 Å². The Bertz CT molecular complexity index is 482. The van der Waals surface area contributed by atoms with Crippen molar-refractivity contribution in [1.82, 2.24) is 10.3 Å². The van der Waals surface area contributed by atoms with E-state index in [1.165, 1.54) is 5.39 Å². The Morgan fingerprint density at radius 3 is 2.94 bits per heavy atom. The molecule has 2 nitrogen and oxygen atoms in total. The summed E-state index contributed by atoms with van der Waals surface area (Å²) >= 11 is 3.46. The SMILES string of the molecule is CCCNCc1ccc2cc(Br)ccc2n1. The molecular formula is C13H15BrN2. The lowest BCUT2D eigenvalue weighted by Crippen LogP contribution is -2.14. The Morgan fingerprint density at radius 1 is 1.25 bits per heavy atom. The van der Waals surface area contributed by atoms with Gasteiger partial charge in [-0.25, -0.2) is 0 Å². The fourth-order valence-corrected chi connectivity index (χ4v) is 2.01. The summed E-state index contributed by atoms with van der Waals surface area (Å²) in [7, 11) is 0. The van der Waals surface area contributed by atoms with Crippen LogP contribution in [0.25, 0.3) is 10.9 Å². The predicted molar refractivity (Wildman–Crippen MR) is 71.4 cm³/mol. The molecule has 16 heavy (non-hydrogen) atoms. The van der Waals surface area contributed by atoms with E-state index < -0.39 is 0 Å². The monoisotopic (exact) mass is 278 g/mol. The van der Waals surface area contributed by atoms with Crippen LogP contribution in [0.4, 0.5) is 0 Å². The van der Waals surface area contributed by atoms with Gasteiger partial charge in [-0.1, -0.05) is 28.9 Å². The minimum absolute atomic E-state index is 0.847. The van der Waals surface area contributed by atoms with Crippen molar-refractivity contribution in [2.24, 2.45) is 0 Å². The number of fused-ring (bicyclic) bond motifs is 1. The van der Waals surface area contributed by atoms with Gasteiger partial charge in [0.1, 0.15) is 0 Å². The van der Waals surface area contributed by atoms with E-state index in [1.807, 2.05) is 12.1 Å². The number of hydrogen-bond acceptors (Lipinski definition) is 2. The Balaban J connectivity index is 2.20. The van der Waals surface area contributed by atoms with E-state index >= 15 is 0 Å². The highest BCUT2D eigenvalue weighted by molar-refractivity contribution is 9.10. The fourth-order valence-electron chi connectivity index (χ4n) is 1.63. The highest BCUT2D eigenvalue weighted by atomic mass is 79.9. The molecule has 0 saturated carbocycles. The van der Waals surface area contributed by atoms with Crippen molar-refractivity contribution in [2.75, 3.05) is 6.54 Å². The second-order valence-corrected chi connectivity index (χ2v) is 4.73. The van der Waals surface area contributed by atoms with E-state index in [0.29, 0.717) is 0 Å². The molecule has 0 radical (unpaired) electrons. The Hall–Kier alpha value is -0.930. The molecule has 0 bridgehead atoms. The number of nitrogens with zero attached hydrogens (tertiary/aromatic N) is 1. The number of pyridine rings is 1. The molecule has 0 unspecified atom stereocenters. The highest BCUT2D eigenvalue weighted by Gasteiger charge is 1.98. The first-order valence-electron chi connectivity index (χ1n) is 5.55. The second kappa shape index (κ2) is 5.41. The quantitative estimate of drug-likeness (QED) is 0.866. The molecule has 0 aliphatic carbocycles. The molecule has 0 amide bonds. The lowest BCUT2D eigenvalue weighted by molar-refractivity contribution is 0.666. The molecule has 0 fully saturated rings. The zero-order chi connectivity index (χ0) is 11.4. The van der Waals surface area contributed by atoms with Gasteiger partial charge in [0.25, 0.3) is 0 Å². The van der Waals surface area contributed by atoms with Gasteiger partial charge in [0.2, 0.25) is 0 Å². The van der Waals surface area contributed by atoms with Gasteiger partial charge in [-0.3, -0.25) is 4.98 Å². The number of nitrogens with one attached hydrogen (secondary N) is 1. The molecule has 1 aromatic carbocycles. The van der Waals surface area contributed by atoms with E-state index in [0.717, 1.165) is 35.2 Å². The minimum atomic E-state index is 0.847. The van der Waals surface area contributed by atoms with Crippen LogP contribution in [0, 0.1) is 0 Å². The number of halogens is 1. The molecule has 1 heterocycles. The van der Waals surface area contributed by atoms with Crippen LogP contribution in [-0.4, -0.2) is 11.5 Å². The van der Waals surface area contributed by atoms with Crippen molar-refractivity contribution < 1.29 is 0 Å². The van der Waals surface area contributed by atoms with E-state index in [1.54, 1.807) is 0 Å². The van der Waals surface area contributed by atoms with Crippen molar-refractivity contribution in [1.29, 1.82) is 0 Å². The lowest BCUT2D eigenvalue weighted by Gasteiger charge is -2.04. The van der Waals surface area contributed by atoms with Gasteiger partial charge < -0.3 is 5.32 Å². The highest BCUT2D eigenvalue weighted by Crippen LogP contribution is 2.18. The number of benzene rings is 1. The number of rotatable bonds is 4. The first kappa shape index (κ1) is 11.6. The van der Waals surface area contributed by atoms with E-state index in [-0.39, 0.29) is 0 Å². The van der Waals surface area contributed by atoms with Gasteiger partial charge in [0.15, 0.2) is 0 Å². The summed E-state index contributed by atoms with van der Waals surface area (Å²) in [6.07, 6.45) is 1.15. The summed E-state index contributed by atoms with van der Waals surface area (Å²) in [5, 5.41) is 4.53. The number of hydrogen-bond donors (Lipinski definition) is 1. The van der Waals surface area contributed by atoms with Crippen molar-refractivity contribution in [3.05, 3.63) is 40.5 Å². The minimum Gasteiger partial charge on any atom is -0.311 e. The molecular weight excluding hydrogens is 264 g/mol. The van der Waals surface area contributed by atoms with Crippen LogP contribution < -0.4 is 5.32 Å². The summed E-state index contributed by atoms with van der Waals surface area (Å²) < 4.78 is 1.10. The Labute approximate surface area is 104 Å². The third kappa shape index (κ3) is 2.80. The molecule has 2 aromatic rings. The third-order valence-corrected chi connectivity index (χ3v) is 2.94. The Kier molecular flexibility index (Phi) is 3.91. The van der Waals surface area contributed by atoms with Crippen LogP contribution in [0.1, 0.15) is 19.0 Å². The molecule has 1 N–H and O–H groups in total. The molecule has 0 aliphatic heterocycles. The first-order chi connectivity index (χ1) is 7.79. The molecule has 0 spiro atoms. The lowest BCUT2D eigenvalue weighted by atomic mass is 10.2. The maximum atomic E-state index is 4.60. The Morgan fingerprint density at radius 2 is 2.12 bits per heavy atom. The van der Waals surface area contributed by atoms with E-state index in [2.05, 4.69) is 51.4 Å². The predicted octanol–water partition coefficient (Wildman–Crippen LogP) is 3.50. The largest absolute Gasteiger partial charge is 0.311 e. The van der Waals surface area contributed by atoms with E-state index in [4.69, 9.17) is 0 Å². The second-order valence-electron chi connectivity index (χ2n) is 3.82. The molecule has 1 aromatic heterocycles. The van der Waals surface area contributed by atoms with Gasteiger partial charge in [0.05, 0.1) is 11.2 Å². The summed E-state index contributed by atoms with van der Waals surface area (Å²) in [6, 6.07) is 10.4. The maximum Gasteiger partial charge on any atom is 0.0706 e. The molecule has 84 valence electrons. The van der Waals surface area contributed by atoms with Crippen LogP contribution in [0.3, 0.4) is 0 Å². The summed E-state index contributed by atoms with van der Waals surface area (Å²) in [4.78, 5) is 4.60. The van der Waals surface area contributed by atoms with Gasteiger partial charge in [0, 0.05) is 16.4 Å². The van der Waals surface area contributed by atoms with Crippen molar-refractivity contribution >= 4 is 26.8 Å². The molecule has 3 heteroatoms. The van der Waals surface area contributed by atoms with E-state index in [9.17, 15) is 0 Å². The molecule has 0 atom stereocenters. The first-order valence-corrected chi connectivity index (χ1v) is 6.35. The standard InChI is InChI=1S/C13H15BrN2/c1-2-7-15-9-12-5-3-10-8-11(14)4-6-13(10)16-12/h3-6,8,15H,2,7,9H2,1H3. The molecule has 2 rings (SSSR count). The van der Waals surface area contributed by atoms with Crippen molar-refractivity contribution in [3.8, 4) is 0 Å². The van der Waals surface area contributed by atoms with Crippen LogP contribution in [-0.2, 0) is 6.54 Å². The zero-order valence-electron chi connectivity index (χ0n) is 9.33. The van der Waals surface area contributed by atoms with Crippen LogP contribution in [0.15, 0.2) is 34.8 Å². The summed E-state index contributed by atoms with van der Waals surface area (Å²) in [6.45, 7) is 4.05. The zero-order valence-corrected chi connectivity index (χ0v) is 10.9. The number of aromatic nitrogens is 1. The smallest absolute Gasteiger partial charge is 0.0706 e. The maximum absolute atomic E-state index is 4.60. The third-order valence-electron chi connectivity index (χ3n) is 2.44. The molecule has 0 aliphatic rings. The van der Waals surface area contributed by atoms with Gasteiger partial charge in [-0.15, -0.1) is 0 Å². The van der Waals surface area contributed by atoms with Crippen LogP contribution in [0.5, 0.6) is 0 Å². The molecule has 0 saturated heterocycles. The summed E-state index contributed by atoms with van der Waals surface area (Å²) in [5.41, 5.74) is 2.15. The van der Waals surface area contributed by atoms with Crippen molar-refractivity contribution in [2.45, 2.75) is 19.9 Å². The average Bonchev–Trinajstić information content (AvgIpc) is 2.29. The van der Waals surface area contributed by atoms with Gasteiger partial charge in [-0.2, -0.15) is 0 Å². The topological polar surface area (TPSA) is 24.9 Å².